The smallest absolute Gasteiger partial charge is 0.171 e. The van der Waals surface area contributed by atoms with Crippen LogP contribution in [0.15, 0.2) is 199 Å². The van der Waals surface area contributed by atoms with Gasteiger partial charge in [-0.25, -0.2) is 9.97 Å². The van der Waals surface area contributed by atoms with Crippen LogP contribution in [0.3, 0.4) is 0 Å². The maximum atomic E-state index is 16.4. The Morgan fingerprint density at radius 3 is 1.93 bits per heavy atom. The van der Waals surface area contributed by atoms with Crippen LogP contribution in [0.1, 0.15) is 22.3 Å². The molecule has 6 nitrogen and oxygen atoms in total. The summed E-state index contributed by atoms with van der Waals surface area (Å²) in [7, 11) is -3.46. The van der Waals surface area contributed by atoms with Gasteiger partial charge in [0.25, 0.3) is 0 Å². The molecule has 0 aliphatic carbocycles. The Morgan fingerprint density at radius 2 is 1.12 bits per heavy atom. The van der Waals surface area contributed by atoms with Crippen LogP contribution in [0.25, 0.3) is 55.8 Å². The first-order chi connectivity index (χ1) is 29.1. The van der Waals surface area contributed by atoms with Crippen molar-refractivity contribution in [3.63, 3.8) is 0 Å². The molecule has 0 amide bonds. The molecule has 7 aromatic carbocycles. The lowest BCUT2D eigenvalue weighted by atomic mass is 9.63. The molecule has 3 aromatic heterocycles. The van der Waals surface area contributed by atoms with Gasteiger partial charge in [0, 0.05) is 66.9 Å². The van der Waals surface area contributed by atoms with E-state index in [4.69, 9.17) is 19.1 Å². The highest BCUT2D eigenvalue weighted by Crippen LogP contribution is 2.62. The van der Waals surface area contributed by atoms with Crippen molar-refractivity contribution in [3.8, 4) is 45.4 Å². The van der Waals surface area contributed by atoms with Gasteiger partial charge in [-0.15, -0.1) is 0 Å². The first kappa shape index (κ1) is 33.7. The summed E-state index contributed by atoms with van der Waals surface area (Å²) < 4.78 is 29.9. The van der Waals surface area contributed by atoms with Crippen LogP contribution in [0.5, 0.6) is 11.5 Å². The molecule has 1 spiro atoms. The third-order valence-corrected chi connectivity index (χ3v) is 15.1. The number of para-hydroxylation sites is 2. The van der Waals surface area contributed by atoms with E-state index >= 15 is 4.57 Å². The van der Waals surface area contributed by atoms with E-state index in [1.165, 1.54) is 0 Å². The second-order valence-electron chi connectivity index (χ2n) is 15.0. The second-order valence-corrected chi connectivity index (χ2v) is 17.7. The average Bonchev–Trinajstić information content (AvgIpc) is 3.68. The van der Waals surface area contributed by atoms with Gasteiger partial charge in [-0.2, -0.15) is 0 Å². The number of aromatic nitrogens is 3. The molecule has 2 aliphatic heterocycles. The van der Waals surface area contributed by atoms with Gasteiger partial charge in [-0.3, -0.25) is 4.98 Å². The number of furan rings is 1. The largest absolute Gasteiger partial charge is 0.457 e. The SMILES string of the molecule is O=P1(c2ccccc2)c2ccccc2C2(c3ccccc3Oc3cc(-c4nc(-c5ccccc5)cc(-c5ccncc5)n4)ccc32)c2cc3c(cc21)oc1ccccc13. The van der Waals surface area contributed by atoms with Crippen LogP contribution in [-0.4, -0.2) is 15.0 Å². The molecular weight excluding hydrogens is 746 g/mol. The highest BCUT2D eigenvalue weighted by molar-refractivity contribution is 7.85. The minimum absolute atomic E-state index is 0.571. The van der Waals surface area contributed by atoms with Gasteiger partial charge in [0.05, 0.1) is 16.8 Å². The van der Waals surface area contributed by atoms with Crippen molar-refractivity contribution in [1.29, 1.82) is 0 Å². The van der Waals surface area contributed by atoms with Gasteiger partial charge in [-0.05, 0) is 59.7 Å². The number of benzene rings is 7. The number of fused-ring (bicyclic) bond motifs is 11. The van der Waals surface area contributed by atoms with Gasteiger partial charge in [0.15, 0.2) is 13.0 Å². The molecule has 59 heavy (non-hydrogen) atoms. The highest BCUT2D eigenvalue weighted by atomic mass is 31.2. The molecule has 0 bridgehead atoms. The van der Waals surface area contributed by atoms with Crippen LogP contribution < -0.4 is 20.7 Å². The van der Waals surface area contributed by atoms with E-state index in [2.05, 4.69) is 71.7 Å². The van der Waals surface area contributed by atoms with Crippen molar-refractivity contribution in [2.24, 2.45) is 0 Å². The van der Waals surface area contributed by atoms with Crippen molar-refractivity contribution in [3.05, 3.63) is 217 Å². The Hall–Kier alpha value is -7.40. The van der Waals surface area contributed by atoms with Crippen molar-refractivity contribution in [2.75, 3.05) is 0 Å². The first-order valence-corrected chi connectivity index (χ1v) is 21.3. The summed E-state index contributed by atoms with van der Waals surface area (Å²) in [6, 6.07) is 61.2. The Morgan fingerprint density at radius 1 is 0.458 bits per heavy atom. The number of nitrogens with zero attached hydrogens (tertiary/aromatic N) is 3. The summed E-state index contributed by atoms with van der Waals surface area (Å²) in [5.41, 5.74) is 8.72. The molecule has 0 fully saturated rings. The third-order valence-electron chi connectivity index (χ3n) is 11.9. The van der Waals surface area contributed by atoms with Gasteiger partial charge >= 0.3 is 0 Å². The summed E-state index contributed by atoms with van der Waals surface area (Å²) >= 11 is 0. The number of hydrogen-bond acceptors (Lipinski definition) is 6. The predicted molar refractivity (Wildman–Crippen MR) is 235 cm³/mol. The molecule has 7 heteroatoms. The van der Waals surface area contributed by atoms with E-state index in [1.807, 2.05) is 115 Å². The van der Waals surface area contributed by atoms with Crippen molar-refractivity contribution < 1.29 is 13.7 Å². The average molecular weight is 778 g/mol. The molecule has 0 saturated carbocycles. The van der Waals surface area contributed by atoms with Crippen LogP contribution in [0.2, 0.25) is 0 Å². The lowest BCUT2D eigenvalue weighted by molar-refractivity contribution is 0.435. The molecule has 0 saturated heterocycles. The number of hydrogen-bond donors (Lipinski definition) is 0. The molecule has 12 rings (SSSR count). The maximum Gasteiger partial charge on any atom is 0.171 e. The maximum absolute atomic E-state index is 16.4. The minimum atomic E-state index is -3.46. The normalized spacial score (nSPS) is 17.5. The Kier molecular flexibility index (Phi) is 7.32. The van der Waals surface area contributed by atoms with Gasteiger partial charge in [0.1, 0.15) is 22.7 Å². The zero-order valence-electron chi connectivity index (χ0n) is 31.5. The summed E-state index contributed by atoms with van der Waals surface area (Å²) in [6.45, 7) is 0. The molecule has 0 N–H and O–H groups in total. The standard InChI is InChI=1S/C52H32N3O3P/c56-59(36-15-5-2-6-16-36)49-22-12-9-19-41(49)52(42-30-38-37-17-7-10-20-45(37)57-47(38)32-50(42)59)39-18-8-11-21-46(39)58-48-29-35(23-24-40(48)52)51-54-43(33-13-3-1-4-14-33)31-44(55-51)34-25-27-53-28-26-34/h1-32H. The Balaban J connectivity index is 1.17. The van der Waals surface area contributed by atoms with Crippen molar-refractivity contribution in [2.45, 2.75) is 5.41 Å². The van der Waals surface area contributed by atoms with Crippen LogP contribution in [0, 0.1) is 0 Å². The van der Waals surface area contributed by atoms with E-state index in [0.717, 1.165) is 88.4 Å². The monoisotopic (exact) mass is 777 g/mol. The minimum Gasteiger partial charge on any atom is -0.457 e. The molecule has 0 radical (unpaired) electrons. The molecule has 2 aliphatic rings. The topological polar surface area (TPSA) is 78.1 Å². The fourth-order valence-corrected chi connectivity index (χ4v) is 12.5. The molecule has 278 valence electrons. The fraction of sp³-hybridized carbons (Fsp3) is 0.0192. The van der Waals surface area contributed by atoms with Crippen LogP contribution in [0.4, 0.5) is 0 Å². The lowest BCUT2D eigenvalue weighted by Crippen LogP contribution is -2.47. The molecule has 2 unspecified atom stereocenters. The first-order valence-electron chi connectivity index (χ1n) is 19.6. The zero-order chi connectivity index (χ0) is 39.1. The van der Waals surface area contributed by atoms with E-state index in [9.17, 15) is 0 Å². The number of rotatable bonds is 4. The molecule has 5 heterocycles. The third kappa shape index (κ3) is 4.87. The predicted octanol–water partition coefficient (Wildman–Crippen LogP) is 11.2. The number of pyridine rings is 1. The van der Waals surface area contributed by atoms with Gasteiger partial charge in [0.2, 0.25) is 0 Å². The van der Waals surface area contributed by atoms with E-state index in [1.54, 1.807) is 12.4 Å². The fourth-order valence-electron chi connectivity index (χ4n) is 9.35. The molecular formula is C52H32N3O3P. The van der Waals surface area contributed by atoms with E-state index in [0.29, 0.717) is 17.2 Å². The lowest BCUT2D eigenvalue weighted by Gasteiger charge is -2.47. The van der Waals surface area contributed by atoms with Crippen LogP contribution >= 0.6 is 7.14 Å². The summed E-state index contributed by atoms with van der Waals surface area (Å²) in [4.78, 5) is 14.5. The second kappa shape index (κ2) is 12.8. The Labute approximate surface area is 339 Å². The summed E-state index contributed by atoms with van der Waals surface area (Å²) in [5, 5.41) is 4.29. The zero-order valence-corrected chi connectivity index (χ0v) is 32.4. The summed E-state index contributed by atoms with van der Waals surface area (Å²) in [5.74, 6) is 1.97. The quantitative estimate of drug-likeness (QED) is 0.166. The van der Waals surface area contributed by atoms with Crippen LogP contribution in [-0.2, 0) is 9.98 Å². The summed E-state index contributed by atoms with van der Waals surface area (Å²) in [6.07, 6.45) is 3.55. The molecule has 2 atom stereocenters. The van der Waals surface area contributed by atoms with Gasteiger partial charge < -0.3 is 13.7 Å². The highest BCUT2D eigenvalue weighted by Gasteiger charge is 2.55. The molecule has 10 aromatic rings. The van der Waals surface area contributed by atoms with Gasteiger partial charge in [-0.1, -0.05) is 133 Å². The van der Waals surface area contributed by atoms with E-state index < -0.39 is 12.6 Å². The van der Waals surface area contributed by atoms with Crippen molar-refractivity contribution in [1.82, 2.24) is 15.0 Å². The number of ether oxygens (including phenoxy) is 1. The Bertz CT molecular complexity index is 3290. The van der Waals surface area contributed by atoms with E-state index in [-0.39, 0.29) is 0 Å². The van der Waals surface area contributed by atoms with Crippen molar-refractivity contribution >= 4 is 45.0 Å².